The molecule has 35 heavy (non-hydrogen) atoms. The van der Waals surface area contributed by atoms with E-state index in [1.807, 2.05) is 31.2 Å². The van der Waals surface area contributed by atoms with Crippen LogP contribution in [0.3, 0.4) is 0 Å². The van der Waals surface area contributed by atoms with Crippen molar-refractivity contribution in [1.29, 1.82) is 0 Å². The molecular formula is C26H28FN3O4S. The predicted octanol–water partition coefficient (Wildman–Crippen LogP) is 4.32. The lowest BCUT2D eigenvalue weighted by molar-refractivity contribution is -0.126. The summed E-state index contributed by atoms with van der Waals surface area (Å²) in [5.74, 6) is -1.04. The lowest BCUT2D eigenvalue weighted by atomic mass is 9.98. The van der Waals surface area contributed by atoms with Gasteiger partial charge >= 0.3 is 0 Å². The zero-order chi connectivity index (χ0) is 25.0. The molecule has 0 bridgehead atoms. The first kappa shape index (κ1) is 24.8. The average molecular weight is 498 g/mol. The number of nitrogens with one attached hydrogen (secondary N) is 1. The molecule has 7 nitrogen and oxygen atoms in total. The van der Waals surface area contributed by atoms with Gasteiger partial charge in [0.2, 0.25) is 15.9 Å². The highest BCUT2D eigenvalue weighted by atomic mass is 32.2. The quantitative estimate of drug-likeness (QED) is 0.525. The Kier molecular flexibility index (Phi) is 7.47. The molecule has 1 aliphatic rings. The van der Waals surface area contributed by atoms with Crippen molar-refractivity contribution in [3.8, 4) is 0 Å². The van der Waals surface area contributed by atoms with E-state index in [9.17, 15) is 17.6 Å². The Labute approximate surface area is 204 Å². The van der Waals surface area contributed by atoms with E-state index in [1.165, 1.54) is 22.5 Å². The summed E-state index contributed by atoms with van der Waals surface area (Å²) >= 11 is 0. The molecule has 4 rings (SSSR count). The zero-order valence-electron chi connectivity index (χ0n) is 19.7. The van der Waals surface area contributed by atoms with Crippen LogP contribution in [-0.4, -0.2) is 36.9 Å². The summed E-state index contributed by atoms with van der Waals surface area (Å²) in [6.45, 7) is 4.30. The topological polar surface area (TPSA) is 92.5 Å². The number of hydrogen-bond acceptors (Lipinski definition) is 5. The van der Waals surface area contributed by atoms with Crippen molar-refractivity contribution >= 4 is 28.1 Å². The van der Waals surface area contributed by atoms with Crippen LogP contribution in [0.1, 0.15) is 41.0 Å². The summed E-state index contributed by atoms with van der Waals surface area (Å²) < 4.78 is 47.6. The molecule has 184 valence electrons. The van der Waals surface area contributed by atoms with Gasteiger partial charge in [-0.15, -0.1) is 0 Å². The fraction of sp³-hybridized carbons (Fsp3) is 0.308. The summed E-state index contributed by atoms with van der Waals surface area (Å²) in [6, 6.07) is 14.0. The summed E-state index contributed by atoms with van der Waals surface area (Å²) in [6.07, 6.45) is 4.02. The number of nitrogens with zero attached hydrogens (tertiary/aromatic N) is 2. The second-order valence-corrected chi connectivity index (χ2v) is 10.6. The Balaban J connectivity index is 1.48. The second-order valence-electron chi connectivity index (χ2n) is 8.72. The number of aromatic nitrogens is 1. The monoisotopic (exact) mass is 497 g/mol. The first-order chi connectivity index (χ1) is 16.8. The summed E-state index contributed by atoms with van der Waals surface area (Å²) in [5, 5.41) is 6.75. The van der Waals surface area contributed by atoms with Gasteiger partial charge in [-0.25, -0.2) is 12.8 Å². The Morgan fingerprint density at radius 1 is 1.17 bits per heavy atom. The van der Waals surface area contributed by atoms with E-state index >= 15 is 0 Å². The number of carbonyl (C=O) groups excluding carboxylic acids is 1. The zero-order valence-corrected chi connectivity index (χ0v) is 20.5. The molecule has 0 spiro atoms. The Morgan fingerprint density at radius 2 is 1.91 bits per heavy atom. The van der Waals surface area contributed by atoms with Crippen LogP contribution in [0, 0.1) is 25.6 Å². The van der Waals surface area contributed by atoms with E-state index in [4.69, 9.17) is 4.52 Å². The molecule has 1 unspecified atom stereocenters. The first-order valence-corrected chi connectivity index (χ1v) is 12.9. The van der Waals surface area contributed by atoms with Crippen LogP contribution in [0.4, 0.5) is 4.39 Å². The molecule has 1 aromatic heterocycles. The largest absolute Gasteiger partial charge is 0.355 e. The molecule has 0 aliphatic carbocycles. The van der Waals surface area contributed by atoms with Gasteiger partial charge in [0.05, 0.1) is 5.92 Å². The molecule has 1 saturated heterocycles. The standard InChI is InChI=1S/C26H28FN3O4S/c1-18-9-11-20(12-10-18)16-28-26(31)22-7-5-15-30(17-22)35(32,33)25-19(2)29-34-24(25)14-13-21-6-3-4-8-23(21)27/h3-4,6,8-14,22H,5,7,15-17H2,1-2H3,(H,28,31)/b14-13+. The van der Waals surface area contributed by atoms with Gasteiger partial charge in [-0.2, -0.15) is 4.31 Å². The smallest absolute Gasteiger partial charge is 0.248 e. The van der Waals surface area contributed by atoms with E-state index in [0.717, 1.165) is 11.1 Å². The molecule has 2 aromatic carbocycles. The Hall–Kier alpha value is -3.30. The maximum atomic E-state index is 14.0. The molecule has 1 aliphatic heterocycles. The number of benzene rings is 2. The lowest BCUT2D eigenvalue weighted by Crippen LogP contribution is -2.45. The summed E-state index contributed by atoms with van der Waals surface area (Å²) in [7, 11) is -3.98. The number of hydrogen-bond donors (Lipinski definition) is 1. The summed E-state index contributed by atoms with van der Waals surface area (Å²) in [4.78, 5) is 12.7. The van der Waals surface area contributed by atoms with Crippen LogP contribution in [-0.2, 0) is 21.4 Å². The van der Waals surface area contributed by atoms with E-state index in [2.05, 4.69) is 10.5 Å². The van der Waals surface area contributed by atoms with Gasteiger partial charge in [0.15, 0.2) is 10.7 Å². The molecule has 3 aromatic rings. The van der Waals surface area contributed by atoms with Crippen LogP contribution in [0.15, 0.2) is 57.9 Å². The van der Waals surface area contributed by atoms with Gasteiger partial charge in [0, 0.05) is 25.2 Å². The van der Waals surface area contributed by atoms with Crippen LogP contribution < -0.4 is 5.32 Å². The SMILES string of the molecule is Cc1ccc(CNC(=O)C2CCCN(S(=O)(=O)c3c(C)noc3/C=C/c3ccccc3F)C2)cc1. The number of halogens is 1. The number of aryl methyl sites for hydroxylation is 2. The third-order valence-electron chi connectivity index (χ3n) is 6.09. The molecule has 0 radical (unpaired) electrons. The van der Waals surface area contributed by atoms with Crippen LogP contribution in [0.25, 0.3) is 12.2 Å². The average Bonchev–Trinajstić information content (AvgIpc) is 3.24. The van der Waals surface area contributed by atoms with Crippen LogP contribution >= 0.6 is 0 Å². The Morgan fingerprint density at radius 3 is 2.66 bits per heavy atom. The van der Waals surface area contributed by atoms with Crippen molar-refractivity contribution in [2.45, 2.75) is 38.1 Å². The minimum atomic E-state index is -3.98. The highest BCUT2D eigenvalue weighted by molar-refractivity contribution is 7.89. The minimum absolute atomic E-state index is 0.0247. The van der Waals surface area contributed by atoms with Crippen molar-refractivity contribution < 1.29 is 22.1 Å². The summed E-state index contributed by atoms with van der Waals surface area (Å²) in [5.41, 5.74) is 2.63. The molecule has 0 saturated carbocycles. The molecular weight excluding hydrogens is 469 g/mol. The normalized spacial score (nSPS) is 17.1. The number of rotatable bonds is 7. The molecule has 1 amide bonds. The number of sulfonamides is 1. The highest BCUT2D eigenvalue weighted by Crippen LogP contribution is 2.29. The van der Waals surface area contributed by atoms with Crippen molar-refractivity contribution in [3.63, 3.8) is 0 Å². The molecule has 9 heteroatoms. The maximum absolute atomic E-state index is 14.0. The van der Waals surface area contributed by atoms with Gasteiger partial charge in [0.1, 0.15) is 11.5 Å². The number of piperidine rings is 1. The van der Waals surface area contributed by atoms with Gasteiger partial charge in [0.25, 0.3) is 0 Å². The predicted molar refractivity (Wildman–Crippen MR) is 131 cm³/mol. The highest BCUT2D eigenvalue weighted by Gasteiger charge is 2.36. The van der Waals surface area contributed by atoms with E-state index in [-0.39, 0.29) is 28.8 Å². The van der Waals surface area contributed by atoms with Crippen LogP contribution in [0.2, 0.25) is 0 Å². The van der Waals surface area contributed by atoms with Crippen molar-refractivity contribution in [2.24, 2.45) is 5.92 Å². The third-order valence-corrected chi connectivity index (χ3v) is 8.12. The second kappa shape index (κ2) is 10.5. The fourth-order valence-electron chi connectivity index (χ4n) is 4.12. The maximum Gasteiger partial charge on any atom is 0.248 e. The Bertz CT molecular complexity index is 1330. The third kappa shape index (κ3) is 5.68. The molecule has 1 fully saturated rings. The fourth-order valence-corrected chi connectivity index (χ4v) is 5.89. The van der Waals surface area contributed by atoms with E-state index in [1.54, 1.807) is 25.1 Å². The number of carbonyl (C=O) groups is 1. The van der Waals surface area contributed by atoms with E-state index in [0.29, 0.717) is 31.5 Å². The van der Waals surface area contributed by atoms with Crippen molar-refractivity contribution in [1.82, 2.24) is 14.8 Å². The van der Waals surface area contributed by atoms with E-state index < -0.39 is 21.8 Å². The molecule has 1 N–H and O–H groups in total. The van der Waals surface area contributed by atoms with Gasteiger partial charge in [-0.3, -0.25) is 4.79 Å². The first-order valence-electron chi connectivity index (χ1n) is 11.5. The number of amides is 1. The van der Waals surface area contributed by atoms with Crippen LogP contribution in [0.5, 0.6) is 0 Å². The van der Waals surface area contributed by atoms with Crippen molar-refractivity contribution in [2.75, 3.05) is 13.1 Å². The molecule has 1 atom stereocenters. The van der Waals surface area contributed by atoms with Gasteiger partial charge in [-0.1, -0.05) is 53.2 Å². The molecule has 2 heterocycles. The van der Waals surface area contributed by atoms with Crippen molar-refractivity contribution in [3.05, 3.63) is 82.5 Å². The van der Waals surface area contributed by atoms with Gasteiger partial charge < -0.3 is 9.84 Å². The lowest BCUT2D eigenvalue weighted by Gasteiger charge is -2.31. The minimum Gasteiger partial charge on any atom is -0.355 e. The van der Waals surface area contributed by atoms with Gasteiger partial charge in [-0.05, 0) is 50.5 Å².